The van der Waals surface area contributed by atoms with Crippen molar-refractivity contribution < 1.29 is 4.79 Å². The van der Waals surface area contributed by atoms with Crippen LogP contribution < -0.4 is 5.32 Å². The topological polar surface area (TPSA) is 52.9 Å². The second kappa shape index (κ2) is 5.42. The van der Waals surface area contributed by atoms with Crippen molar-refractivity contribution in [2.75, 3.05) is 5.75 Å². The summed E-state index contributed by atoms with van der Waals surface area (Å²) in [6.07, 6.45) is 1.62. The molecular formula is C11H12N2OS. The number of carbonyl (C=O) groups excluding carboxylic acids is 1. The van der Waals surface area contributed by atoms with E-state index in [4.69, 9.17) is 5.26 Å². The van der Waals surface area contributed by atoms with Crippen LogP contribution in [0.4, 0.5) is 0 Å². The Morgan fingerprint density at radius 2 is 2.27 bits per heavy atom. The smallest absolute Gasteiger partial charge is 0.243 e. The van der Waals surface area contributed by atoms with Gasteiger partial charge >= 0.3 is 0 Å². The highest BCUT2D eigenvalue weighted by molar-refractivity contribution is 8.00. The number of thioether (sulfide) groups is 1. The van der Waals surface area contributed by atoms with Crippen molar-refractivity contribution in [1.29, 1.82) is 5.26 Å². The van der Waals surface area contributed by atoms with E-state index in [1.807, 2.05) is 32.0 Å². The monoisotopic (exact) mass is 220 g/mol. The third kappa shape index (κ3) is 3.64. The molecule has 0 heterocycles. The van der Waals surface area contributed by atoms with Crippen LogP contribution >= 0.6 is 11.8 Å². The maximum absolute atomic E-state index is 11.1. The molecule has 15 heavy (non-hydrogen) atoms. The van der Waals surface area contributed by atoms with E-state index in [-0.39, 0.29) is 11.7 Å². The number of carbonyl (C=O) groups is 1. The molecule has 1 amide bonds. The maximum Gasteiger partial charge on any atom is 0.243 e. The molecule has 0 aliphatic rings. The molecule has 0 bridgehead atoms. The van der Waals surface area contributed by atoms with E-state index >= 15 is 0 Å². The van der Waals surface area contributed by atoms with Gasteiger partial charge in [0.25, 0.3) is 0 Å². The number of hydrogen-bond donors (Lipinski definition) is 1. The minimum atomic E-state index is -0.261. The van der Waals surface area contributed by atoms with E-state index in [2.05, 4.69) is 5.32 Å². The van der Waals surface area contributed by atoms with Crippen molar-refractivity contribution in [3.63, 3.8) is 0 Å². The lowest BCUT2D eigenvalue weighted by Crippen LogP contribution is -2.19. The maximum atomic E-state index is 11.1. The second-order valence-electron chi connectivity index (χ2n) is 3.22. The summed E-state index contributed by atoms with van der Waals surface area (Å²) in [6, 6.07) is 6.11. The molecule has 1 rings (SSSR count). The number of nitrogens with zero attached hydrogens (tertiary/aromatic N) is 1. The van der Waals surface area contributed by atoms with E-state index in [1.54, 1.807) is 6.19 Å². The summed E-state index contributed by atoms with van der Waals surface area (Å²) in [7, 11) is 0. The summed E-state index contributed by atoms with van der Waals surface area (Å²) >= 11 is 1.45. The number of nitrogens with one attached hydrogen (secondary N) is 1. The normalized spacial score (nSPS) is 9.40. The molecule has 3 nitrogen and oxygen atoms in total. The fourth-order valence-corrected chi connectivity index (χ4v) is 2.03. The van der Waals surface area contributed by atoms with Gasteiger partial charge in [0.05, 0.1) is 5.75 Å². The van der Waals surface area contributed by atoms with E-state index < -0.39 is 0 Å². The molecule has 0 saturated carbocycles. The Balaban J connectivity index is 2.61. The average molecular weight is 220 g/mol. The zero-order valence-corrected chi connectivity index (χ0v) is 9.52. The van der Waals surface area contributed by atoms with Gasteiger partial charge in [-0.15, -0.1) is 11.8 Å². The fourth-order valence-electron chi connectivity index (χ4n) is 1.10. The number of amides is 1. The third-order valence-corrected chi connectivity index (χ3v) is 3.06. The Hall–Kier alpha value is -1.47. The SMILES string of the molecule is Cc1ccc(C)c(SCC(=O)NC#N)c1. The van der Waals surface area contributed by atoms with Crippen LogP contribution in [0.25, 0.3) is 0 Å². The lowest BCUT2D eigenvalue weighted by atomic mass is 10.2. The van der Waals surface area contributed by atoms with Crippen LogP contribution in [0.2, 0.25) is 0 Å². The fraction of sp³-hybridized carbons (Fsp3) is 0.273. The van der Waals surface area contributed by atoms with Gasteiger partial charge in [-0.1, -0.05) is 17.7 Å². The summed E-state index contributed by atoms with van der Waals surface area (Å²) in [5.41, 5.74) is 2.32. The molecular weight excluding hydrogens is 208 g/mol. The van der Waals surface area contributed by atoms with Gasteiger partial charge in [-0.25, -0.2) is 0 Å². The van der Waals surface area contributed by atoms with Gasteiger partial charge in [0.1, 0.15) is 0 Å². The zero-order chi connectivity index (χ0) is 11.3. The summed E-state index contributed by atoms with van der Waals surface area (Å²) in [5.74, 6) is 0.0149. The van der Waals surface area contributed by atoms with Gasteiger partial charge < -0.3 is 0 Å². The highest BCUT2D eigenvalue weighted by atomic mass is 32.2. The van der Waals surface area contributed by atoms with Crippen molar-refractivity contribution in [3.8, 4) is 6.19 Å². The molecule has 0 spiro atoms. The highest BCUT2D eigenvalue weighted by Gasteiger charge is 2.04. The predicted octanol–water partition coefficient (Wildman–Crippen LogP) is 1.99. The highest BCUT2D eigenvalue weighted by Crippen LogP contribution is 2.23. The zero-order valence-electron chi connectivity index (χ0n) is 8.70. The van der Waals surface area contributed by atoms with Gasteiger partial charge in [0.15, 0.2) is 6.19 Å². The number of aryl methyl sites for hydroxylation is 2. The molecule has 0 aliphatic carbocycles. The molecule has 0 fully saturated rings. The number of rotatable bonds is 3. The van der Waals surface area contributed by atoms with Gasteiger partial charge in [-0.05, 0) is 25.5 Å². The molecule has 0 atom stereocenters. The van der Waals surface area contributed by atoms with Crippen LogP contribution in [0.15, 0.2) is 23.1 Å². The second-order valence-corrected chi connectivity index (χ2v) is 4.23. The van der Waals surface area contributed by atoms with E-state index in [1.165, 1.54) is 17.3 Å². The standard InChI is InChI=1S/C11H12N2OS/c1-8-3-4-9(2)10(5-8)15-6-11(14)13-7-12/h3-5H,6H2,1-2H3,(H,13,14). The first-order valence-corrected chi connectivity index (χ1v) is 5.50. The summed E-state index contributed by atoms with van der Waals surface area (Å²) < 4.78 is 0. The first kappa shape index (κ1) is 11.6. The van der Waals surface area contributed by atoms with Gasteiger partial charge in [0, 0.05) is 4.90 Å². The van der Waals surface area contributed by atoms with Crippen molar-refractivity contribution in [2.24, 2.45) is 0 Å². The molecule has 0 aromatic heterocycles. The molecule has 78 valence electrons. The molecule has 1 aromatic carbocycles. The molecule has 0 aliphatic heterocycles. The van der Waals surface area contributed by atoms with Crippen LogP contribution in [0.5, 0.6) is 0 Å². The summed E-state index contributed by atoms with van der Waals surface area (Å²) in [4.78, 5) is 12.1. The first-order valence-electron chi connectivity index (χ1n) is 4.51. The van der Waals surface area contributed by atoms with Gasteiger partial charge in [0.2, 0.25) is 5.91 Å². The number of hydrogen-bond acceptors (Lipinski definition) is 3. The quantitative estimate of drug-likeness (QED) is 0.481. The Labute approximate surface area is 93.5 Å². The molecule has 1 N–H and O–H groups in total. The lowest BCUT2D eigenvalue weighted by Gasteiger charge is -2.05. The van der Waals surface area contributed by atoms with E-state index in [0.29, 0.717) is 0 Å². The Bertz CT molecular complexity index is 410. The third-order valence-electron chi connectivity index (χ3n) is 1.90. The molecule has 0 saturated heterocycles. The van der Waals surface area contributed by atoms with E-state index in [9.17, 15) is 4.79 Å². The number of nitriles is 1. The average Bonchev–Trinajstić information content (AvgIpc) is 2.20. The summed E-state index contributed by atoms with van der Waals surface area (Å²) in [5, 5.41) is 10.3. The lowest BCUT2D eigenvalue weighted by molar-refractivity contribution is -0.117. The molecule has 1 aromatic rings. The summed E-state index contributed by atoms with van der Waals surface area (Å²) in [6.45, 7) is 4.02. The predicted molar refractivity (Wildman–Crippen MR) is 60.4 cm³/mol. The minimum absolute atomic E-state index is 0.261. The number of benzene rings is 1. The van der Waals surface area contributed by atoms with Gasteiger partial charge in [-0.3, -0.25) is 10.1 Å². The largest absolute Gasteiger partial charge is 0.273 e. The van der Waals surface area contributed by atoms with Crippen LogP contribution in [0.3, 0.4) is 0 Å². The Kier molecular flexibility index (Phi) is 4.19. The van der Waals surface area contributed by atoms with Crippen LogP contribution in [0.1, 0.15) is 11.1 Å². The van der Waals surface area contributed by atoms with Crippen LogP contribution in [0, 0.1) is 25.3 Å². The van der Waals surface area contributed by atoms with Crippen molar-refractivity contribution in [3.05, 3.63) is 29.3 Å². The van der Waals surface area contributed by atoms with Crippen molar-refractivity contribution >= 4 is 17.7 Å². The first-order chi connectivity index (χ1) is 7.13. The van der Waals surface area contributed by atoms with Crippen LogP contribution in [-0.2, 0) is 4.79 Å². The van der Waals surface area contributed by atoms with E-state index in [0.717, 1.165) is 10.5 Å². The molecule has 0 unspecified atom stereocenters. The molecule has 4 heteroatoms. The Morgan fingerprint density at radius 1 is 1.53 bits per heavy atom. The van der Waals surface area contributed by atoms with Crippen molar-refractivity contribution in [1.82, 2.24) is 5.32 Å². The van der Waals surface area contributed by atoms with Gasteiger partial charge in [-0.2, -0.15) is 5.26 Å². The minimum Gasteiger partial charge on any atom is -0.273 e. The molecule has 0 radical (unpaired) electrons. The Morgan fingerprint density at radius 3 is 2.93 bits per heavy atom. The van der Waals surface area contributed by atoms with Crippen LogP contribution in [-0.4, -0.2) is 11.7 Å². The van der Waals surface area contributed by atoms with Crippen molar-refractivity contribution in [2.45, 2.75) is 18.7 Å².